The number of hydrazine groups is 1. The van der Waals surface area contributed by atoms with E-state index in [0.29, 0.717) is 10.7 Å². The van der Waals surface area contributed by atoms with E-state index >= 15 is 0 Å². The van der Waals surface area contributed by atoms with Crippen LogP contribution in [-0.2, 0) is 4.79 Å². The van der Waals surface area contributed by atoms with Gasteiger partial charge in [-0.15, -0.1) is 11.8 Å². The lowest BCUT2D eigenvalue weighted by atomic mass is 10.1. The maximum absolute atomic E-state index is 12.7. The number of rotatable bonds is 5. The van der Waals surface area contributed by atoms with Crippen LogP contribution in [0.5, 0.6) is 5.75 Å². The molecule has 1 aliphatic heterocycles. The fourth-order valence-corrected chi connectivity index (χ4v) is 4.17. The quantitative estimate of drug-likeness (QED) is 0.647. The van der Waals surface area contributed by atoms with Crippen molar-refractivity contribution < 1.29 is 14.3 Å². The van der Waals surface area contributed by atoms with Gasteiger partial charge in [0.25, 0.3) is 11.8 Å². The Balaban J connectivity index is 1.50. The van der Waals surface area contributed by atoms with Crippen LogP contribution in [0.25, 0.3) is 11.3 Å². The molecule has 1 aromatic heterocycles. The van der Waals surface area contributed by atoms with E-state index in [-0.39, 0.29) is 22.7 Å². The lowest BCUT2D eigenvalue weighted by molar-refractivity contribution is -0.130. The molecule has 0 spiro atoms. The standard InChI is InChI=1S/C20H17ClN4O3S/c1-28-15-8-4-13(5-9-15)20-25(18(26)11-29-20)24-19(27)17-10-16(22-23-17)12-2-6-14(21)7-3-12/h2-10,20H,11H2,1H3,(H,22,23)(H,24,27). The average Bonchev–Trinajstić information content (AvgIpc) is 3.37. The first-order valence-corrected chi connectivity index (χ1v) is 10.2. The summed E-state index contributed by atoms with van der Waals surface area (Å²) in [5.74, 6) is 0.412. The fourth-order valence-electron chi connectivity index (χ4n) is 2.94. The van der Waals surface area contributed by atoms with Gasteiger partial charge in [-0.05, 0) is 35.9 Å². The van der Waals surface area contributed by atoms with Crippen LogP contribution < -0.4 is 10.2 Å². The second-order valence-corrected chi connectivity index (χ2v) is 7.82. The number of aromatic amines is 1. The molecule has 1 fully saturated rings. The molecule has 1 saturated heterocycles. The van der Waals surface area contributed by atoms with Crippen LogP contribution in [0.4, 0.5) is 0 Å². The SMILES string of the molecule is COc1ccc(C2SCC(=O)N2NC(=O)c2cc(-c3ccc(Cl)cc3)n[nH]2)cc1. The smallest absolute Gasteiger partial charge is 0.287 e. The minimum absolute atomic E-state index is 0.165. The molecule has 2 N–H and O–H groups in total. The topological polar surface area (TPSA) is 87.3 Å². The van der Waals surface area contributed by atoms with Gasteiger partial charge < -0.3 is 4.74 Å². The number of halogens is 1. The third kappa shape index (κ3) is 4.08. The Labute approximate surface area is 176 Å². The highest BCUT2D eigenvalue weighted by atomic mass is 35.5. The molecule has 1 unspecified atom stereocenters. The van der Waals surface area contributed by atoms with Crippen LogP contribution in [0, 0.1) is 0 Å². The number of nitrogens with one attached hydrogen (secondary N) is 2. The number of ether oxygens (including phenoxy) is 1. The van der Waals surface area contributed by atoms with E-state index in [1.165, 1.54) is 16.8 Å². The summed E-state index contributed by atoms with van der Waals surface area (Å²) < 4.78 is 5.17. The molecule has 0 bridgehead atoms. The first kappa shape index (κ1) is 19.4. The lowest BCUT2D eigenvalue weighted by Gasteiger charge is -2.24. The van der Waals surface area contributed by atoms with E-state index < -0.39 is 5.91 Å². The molecule has 3 aromatic rings. The second-order valence-electron chi connectivity index (χ2n) is 6.31. The maximum atomic E-state index is 12.7. The minimum Gasteiger partial charge on any atom is -0.497 e. The average molecular weight is 429 g/mol. The largest absolute Gasteiger partial charge is 0.497 e. The number of hydrogen-bond donors (Lipinski definition) is 2. The van der Waals surface area contributed by atoms with Crippen molar-refractivity contribution in [2.45, 2.75) is 5.37 Å². The highest BCUT2D eigenvalue weighted by Crippen LogP contribution is 2.37. The first-order chi connectivity index (χ1) is 14.0. The molecule has 0 saturated carbocycles. The normalized spacial score (nSPS) is 16.1. The van der Waals surface area contributed by atoms with Gasteiger partial charge in [-0.3, -0.25) is 20.1 Å². The van der Waals surface area contributed by atoms with Gasteiger partial charge in [-0.25, -0.2) is 5.01 Å². The molecule has 2 amide bonds. The van der Waals surface area contributed by atoms with E-state index in [0.717, 1.165) is 16.9 Å². The number of aromatic nitrogens is 2. The summed E-state index contributed by atoms with van der Waals surface area (Å²) in [4.78, 5) is 25.0. The molecule has 4 rings (SSSR count). The summed E-state index contributed by atoms with van der Waals surface area (Å²) in [5.41, 5.74) is 5.29. The van der Waals surface area contributed by atoms with Gasteiger partial charge in [-0.1, -0.05) is 35.9 Å². The minimum atomic E-state index is -0.438. The van der Waals surface area contributed by atoms with Crippen LogP contribution in [-0.4, -0.2) is 39.9 Å². The number of methoxy groups -OCH3 is 1. The van der Waals surface area contributed by atoms with E-state index in [2.05, 4.69) is 15.6 Å². The molecule has 7 nitrogen and oxygen atoms in total. The Morgan fingerprint density at radius 1 is 1.24 bits per heavy atom. The van der Waals surface area contributed by atoms with Crippen LogP contribution in [0.1, 0.15) is 21.4 Å². The monoisotopic (exact) mass is 428 g/mol. The zero-order valence-corrected chi connectivity index (χ0v) is 17.0. The highest BCUT2D eigenvalue weighted by Gasteiger charge is 2.34. The van der Waals surface area contributed by atoms with Gasteiger partial charge in [0, 0.05) is 10.6 Å². The first-order valence-electron chi connectivity index (χ1n) is 8.75. The number of carbonyl (C=O) groups is 2. The van der Waals surface area contributed by atoms with Crippen molar-refractivity contribution in [1.29, 1.82) is 0 Å². The molecule has 29 heavy (non-hydrogen) atoms. The Hall–Kier alpha value is -2.97. The zero-order chi connectivity index (χ0) is 20.4. The van der Waals surface area contributed by atoms with E-state index in [1.54, 1.807) is 25.3 Å². The summed E-state index contributed by atoms with van der Waals surface area (Å²) in [6.45, 7) is 0. The number of H-pyrrole nitrogens is 1. The van der Waals surface area contributed by atoms with E-state index in [9.17, 15) is 9.59 Å². The van der Waals surface area contributed by atoms with Gasteiger partial charge in [0.05, 0.1) is 18.6 Å². The summed E-state index contributed by atoms with van der Waals surface area (Å²) >= 11 is 7.35. The molecule has 1 aliphatic rings. The number of amides is 2. The number of thioether (sulfide) groups is 1. The zero-order valence-electron chi connectivity index (χ0n) is 15.4. The van der Waals surface area contributed by atoms with Crippen molar-refractivity contribution in [3.05, 3.63) is 70.9 Å². The van der Waals surface area contributed by atoms with Crippen LogP contribution in [0.3, 0.4) is 0 Å². The Morgan fingerprint density at radius 2 is 1.97 bits per heavy atom. The molecule has 2 heterocycles. The Bertz CT molecular complexity index is 1040. The van der Waals surface area contributed by atoms with Crippen LogP contribution >= 0.6 is 23.4 Å². The Kier molecular flexibility index (Phi) is 5.46. The Morgan fingerprint density at radius 3 is 2.66 bits per heavy atom. The van der Waals surface area contributed by atoms with Gasteiger partial charge >= 0.3 is 0 Å². The molecule has 9 heteroatoms. The van der Waals surface area contributed by atoms with Gasteiger partial charge in [0.2, 0.25) is 0 Å². The van der Waals surface area contributed by atoms with Gasteiger partial charge in [0.1, 0.15) is 16.8 Å². The third-order valence-electron chi connectivity index (χ3n) is 4.45. The van der Waals surface area contributed by atoms with Crippen molar-refractivity contribution in [1.82, 2.24) is 20.6 Å². The van der Waals surface area contributed by atoms with E-state index in [1.807, 2.05) is 36.4 Å². The fraction of sp³-hybridized carbons (Fsp3) is 0.150. The number of benzene rings is 2. The predicted molar refractivity (Wildman–Crippen MR) is 112 cm³/mol. The summed E-state index contributed by atoms with van der Waals surface area (Å²) in [5, 5.41) is 8.57. The van der Waals surface area contributed by atoms with Crippen LogP contribution in [0.2, 0.25) is 5.02 Å². The molecule has 148 valence electrons. The molecular weight excluding hydrogens is 412 g/mol. The van der Waals surface area contributed by atoms with Crippen molar-refractivity contribution in [2.75, 3.05) is 12.9 Å². The van der Waals surface area contributed by atoms with Gasteiger partial charge in [-0.2, -0.15) is 5.10 Å². The predicted octanol–water partition coefficient (Wildman–Crippen LogP) is 3.66. The van der Waals surface area contributed by atoms with Crippen molar-refractivity contribution in [3.8, 4) is 17.0 Å². The van der Waals surface area contributed by atoms with E-state index in [4.69, 9.17) is 16.3 Å². The van der Waals surface area contributed by atoms with Crippen molar-refractivity contribution in [2.24, 2.45) is 0 Å². The highest BCUT2D eigenvalue weighted by molar-refractivity contribution is 8.00. The van der Waals surface area contributed by atoms with Gasteiger partial charge in [0.15, 0.2) is 0 Å². The molecule has 1 atom stereocenters. The summed E-state index contributed by atoms with van der Waals surface area (Å²) in [6.07, 6.45) is 0. The second kappa shape index (κ2) is 8.18. The molecular formula is C20H17ClN4O3S. The third-order valence-corrected chi connectivity index (χ3v) is 5.92. The number of hydrogen-bond acceptors (Lipinski definition) is 5. The molecule has 0 radical (unpaired) electrons. The summed E-state index contributed by atoms with van der Waals surface area (Å²) in [7, 11) is 1.60. The molecule has 2 aromatic carbocycles. The number of carbonyl (C=O) groups excluding carboxylic acids is 2. The lowest BCUT2D eigenvalue weighted by Crippen LogP contribution is -2.44. The number of nitrogens with zero attached hydrogens (tertiary/aromatic N) is 2. The van der Waals surface area contributed by atoms with Crippen molar-refractivity contribution >= 4 is 35.2 Å². The van der Waals surface area contributed by atoms with Crippen molar-refractivity contribution in [3.63, 3.8) is 0 Å². The molecule has 0 aliphatic carbocycles. The van der Waals surface area contributed by atoms with Crippen LogP contribution in [0.15, 0.2) is 54.6 Å². The maximum Gasteiger partial charge on any atom is 0.287 e. The summed E-state index contributed by atoms with van der Waals surface area (Å²) in [6, 6.07) is 16.2.